The number of rotatable bonds is 2. The quantitative estimate of drug-likeness (QED) is 0.658. The second kappa shape index (κ2) is 5.49. The Morgan fingerprint density at radius 2 is 2.05 bits per heavy atom. The summed E-state index contributed by atoms with van der Waals surface area (Å²) >= 11 is 0. The van der Waals surface area contributed by atoms with Gasteiger partial charge < -0.3 is 14.6 Å². The van der Waals surface area contributed by atoms with Crippen LogP contribution >= 0.6 is 0 Å². The van der Waals surface area contributed by atoms with E-state index in [0.717, 1.165) is 0 Å². The van der Waals surface area contributed by atoms with Crippen LogP contribution in [-0.4, -0.2) is 52.9 Å². The van der Waals surface area contributed by atoms with Crippen molar-refractivity contribution in [2.24, 2.45) is 0 Å². The average Bonchev–Trinajstić information content (AvgIpc) is 2.48. The number of non-ortho nitro benzene ring substituents is 1. The molecule has 22 heavy (non-hydrogen) atoms. The minimum Gasteiger partial charge on any atom is -0.485 e. The van der Waals surface area contributed by atoms with Crippen molar-refractivity contribution < 1.29 is 19.5 Å². The van der Waals surface area contributed by atoms with Crippen LogP contribution in [-0.2, 0) is 4.74 Å². The number of hydrogen-bond acceptors (Lipinski definition) is 6. The van der Waals surface area contributed by atoms with Gasteiger partial charge in [0, 0.05) is 30.8 Å². The van der Waals surface area contributed by atoms with Gasteiger partial charge in [-0.05, 0) is 19.9 Å². The largest absolute Gasteiger partial charge is 0.485 e. The lowest BCUT2D eigenvalue weighted by Crippen LogP contribution is -2.55. The molecule has 0 radical (unpaired) electrons. The third-order valence-corrected chi connectivity index (χ3v) is 4.35. The number of nitrogens with zero attached hydrogens (tertiary/aromatic N) is 2. The first-order chi connectivity index (χ1) is 10.4. The van der Waals surface area contributed by atoms with Crippen molar-refractivity contribution in [3.8, 4) is 5.75 Å². The monoisotopic (exact) mass is 308 g/mol. The lowest BCUT2D eigenvalue weighted by atomic mass is 9.85. The molecule has 2 atom stereocenters. The second-order valence-corrected chi connectivity index (χ2v) is 6.22. The van der Waals surface area contributed by atoms with Crippen LogP contribution < -0.4 is 4.74 Å². The predicted molar refractivity (Wildman–Crippen MR) is 78.9 cm³/mol. The molecular formula is C15H20N2O5. The maximum absolute atomic E-state index is 11.0. The van der Waals surface area contributed by atoms with Crippen LogP contribution in [0.2, 0.25) is 0 Å². The number of benzene rings is 1. The second-order valence-electron chi connectivity index (χ2n) is 6.22. The zero-order valence-corrected chi connectivity index (χ0v) is 12.7. The lowest BCUT2D eigenvalue weighted by Gasteiger charge is -2.47. The first-order valence-corrected chi connectivity index (χ1v) is 7.37. The number of fused-ring (bicyclic) bond motifs is 1. The molecule has 0 saturated carbocycles. The van der Waals surface area contributed by atoms with Crippen LogP contribution in [0.1, 0.15) is 25.5 Å². The van der Waals surface area contributed by atoms with Gasteiger partial charge in [0.1, 0.15) is 17.5 Å². The normalized spacial score (nSPS) is 27.8. The van der Waals surface area contributed by atoms with Gasteiger partial charge in [-0.1, -0.05) is 0 Å². The van der Waals surface area contributed by atoms with Crippen LogP contribution in [0.4, 0.5) is 5.69 Å². The highest BCUT2D eigenvalue weighted by molar-refractivity contribution is 5.48. The molecule has 0 aromatic heterocycles. The zero-order valence-electron chi connectivity index (χ0n) is 12.7. The molecule has 1 N–H and O–H groups in total. The zero-order chi connectivity index (χ0) is 15.9. The Kier molecular flexibility index (Phi) is 3.80. The minimum absolute atomic E-state index is 0.00696. The fraction of sp³-hybridized carbons (Fsp3) is 0.600. The fourth-order valence-electron chi connectivity index (χ4n) is 3.12. The Morgan fingerprint density at radius 1 is 1.36 bits per heavy atom. The van der Waals surface area contributed by atoms with Gasteiger partial charge in [-0.3, -0.25) is 15.0 Å². The third kappa shape index (κ3) is 2.55. The molecule has 0 amide bonds. The van der Waals surface area contributed by atoms with Crippen molar-refractivity contribution in [3.05, 3.63) is 33.9 Å². The van der Waals surface area contributed by atoms with Crippen molar-refractivity contribution in [1.29, 1.82) is 0 Å². The minimum atomic E-state index is -0.778. The predicted octanol–water partition coefficient (Wildman–Crippen LogP) is 1.50. The van der Waals surface area contributed by atoms with Crippen molar-refractivity contribution in [2.75, 3.05) is 26.3 Å². The van der Waals surface area contributed by atoms with Crippen molar-refractivity contribution in [2.45, 2.75) is 31.6 Å². The Morgan fingerprint density at radius 3 is 2.68 bits per heavy atom. The third-order valence-electron chi connectivity index (χ3n) is 4.35. The molecule has 0 spiro atoms. The van der Waals surface area contributed by atoms with Gasteiger partial charge in [0.15, 0.2) is 0 Å². The molecule has 0 bridgehead atoms. The van der Waals surface area contributed by atoms with Gasteiger partial charge in [0.25, 0.3) is 5.69 Å². The highest BCUT2D eigenvalue weighted by Gasteiger charge is 2.46. The van der Waals surface area contributed by atoms with Crippen LogP contribution in [0, 0.1) is 10.1 Å². The van der Waals surface area contributed by atoms with Crippen molar-refractivity contribution >= 4 is 5.69 Å². The highest BCUT2D eigenvalue weighted by Crippen LogP contribution is 2.44. The van der Waals surface area contributed by atoms with E-state index >= 15 is 0 Å². The maximum Gasteiger partial charge on any atom is 0.270 e. The number of ether oxygens (including phenoxy) is 2. The highest BCUT2D eigenvalue weighted by atomic mass is 16.6. The molecule has 7 heteroatoms. The topological polar surface area (TPSA) is 85.1 Å². The number of nitro groups is 1. The van der Waals surface area contributed by atoms with E-state index in [-0.39, 0.29) is 11.7 Å². The summed E-state index contributed by atoms with van der Waals surface area (Å²) in [6, 6.07) is 4.23. The van der Waals surface area contributed by atoms with Gasteiger partial charge in [0.2, 0.25) is 0 Å². The summed E-state index contributed by atoms with van der Waals surface area (Å²) < 4.78 is 11.2. The molecule has 1 saturated heterocycles. The van der Waals surface area contributed by atoms with Crippen LogP contribution in [0.15, 0.2) is 18.2 Å². The van der Waals surface area contributed by atoms with E-state index in [2.05, 4.69) is 4.90 Å². The molecule has 0 unspecified atom stereocenters. The first kappa shape index (κ1) is 15.2. The SMILES string of the molecule is CC1(C)Oc2ccc([N+](=O)[O-])cc2[C@H](N2CCOCC2)[C@H]1O. The van der Waals surface area contributed by atoms with E-state index in [1.54, 1.807) is 6.07 Å². The molecule has 1 aromatic rings. The van der Waals surface area contributed by atoms with E-state index in [9.17, 15) is 15.2 Å². The van der Waals surface area contributed by atoms with E-state index in [0.29, 0.717) is 37.6 Å². The summed E-state index contributed by atoms with van der Waals surface area (Å²) in [6.45, 7) is 6.20. The molecule has 0 aliphatic carbocycles. The molecule has 7 nitrogen and oxygen atoms in total. The molecule has 2 aliphatic heterocycles. The number of morpholine rings is 1. The van der Waals surface area contributed by atoms with Gasteiger partial charge >= 0.3 is 0 Å². The Balaban J connectivity index is 2.06. The van der Waals surface area contributed by atoms with E-state index in [1.807, 2.05) is 13.8 Å². The Hall–Kier alpha value is -1.70. The van der Waals surface area contributed by atoms with E-state index in [4.69, 9.17) is 9.47 Å². The van der Waals surface area contributed by atoms with Crippen LogP contribution in [0.5, 0.6) is 5.75 Å². The molecule has 2 heterocycles. The van der Waals surface area contributed by atoms with Gasteiger partial charge in [-0.15, -0.1) is 0 Å². The first-order valence-electron chi connectivity index (χ1n) is 7.37. The summed E-state index contributed by atoms with van der Waals surface area (Å²) in [5.41, 5.74) is -0.0815. The van der Waals surface area contributed by atoms with Crippen molar-refractivity contribution in [1.82, 2.24) is 4.90 Å². The van der Waals surface area contributed by atoms with Gasteiger partial charge in [-0.2, -0.15) is 0 Å². The fourth-order valence-corrected chi connectivity index (χ4v) is 3.12. The summed E-state index contributed by atoms with van der Waals surface area (Å²) in [4.78, 5) is 12.7. The lowest BCUT2D eigenvalue weighted by molar-refractivity contribution is -0.385. The molecule has 3 rings (SSSR count). The standard InChI is InChI=1S/C15H20N2O5/c1-15(2)14(18)13(16-5-7-21-8-6-16)11-9-10(17(19)20)3-4-12(11)22-15/h3-4,9,13-14,18H,5-8H2,1-2H3/t13-,14+/m0/s1. The summed E-state index contributed by atoms with van der Waals surface area (Å²) in [5.74, 6) is 0.595. The number of nitro benzene ring substituents is 1. The number of hydrogen-bond donors (Lipinski definition) is 1. The summed E-state index contributed by atoms with van der Waals surface area (Å²) in [5, 5.41) is 21.8. The van der Waals surface area contributed by atoms with Crippen molar-refractivity contribution in [3.63, 3.8) is 0 Å². The molecule has 1 fully saturated rings. The Labute approximate surface area is 128 Å². The number of aliphatic hydroxyl groups is 1. The van der Waals surface area contributed by atoms with Crippen LogP contribution in [0.25, 0.3) is 0 Å². The van der Waals surface area contributed by atoms with E-state index < -0.39 is 16.6 Å². The summed E-state index contributed by atoms with van der Waals surface area (Å²) in [7, 11) is 0. The van der Waals surface area contributed by atoms with Gasteiger partial charge in [-0.25, -0.2) is 0 Å². The number of aliphatic hydroxyl groups excluding tert-OH is 1. The summed E-state index contributed by atoms with van der Waals surface area (Å²) in [6.07, 6.45) is -0.778. The molecular weight excluding hydrogens is 288 g/mol. The molecule has 2 aliphatic rings. The van der Waals surface area contributed by atoms with Gasteiger partial charge in [0.05, 0.1) is 24.2 Å². The Bertz CT molecular complexity index is 583. The van der Waals surface area contributed by atoms with Crippen LogP contribution in [0.3, 0.4) is 0 Å². The van der Waals surface area contributed by atoms with E-state index in [1.165, 1.54) is 12.1 Å². The molecule has 1 aromatic carbocycles. The smallest absolute Gasteiger partial charge is 0.270 e. The average molecular weight is 308 g/mol. The maximum atomic E-state index is 11.0. The molecule has 120 valence electrons.